The van der Waals surface area contributed by atoms with Gasteiger partial charge in [-0.25, -0.2) is 0 Å². The van der Waals surface area contributed by atoms with Crippen molar-refractivity contribution in [2.24, 2.45) is 5.10 Å². The number of para-hydroxylation sites is 1. The first-order chi connectivity index (χ1) is 12.3. The van der Waals surface area contributed by atoms with E-state index in [-0.39, 0.29) is 17.6 Å². The number of hydrazone groups is 1. The number of fused-ring (bicyclic) bond motifs is 2. The summed E-state index contributed by atoms with van der Waals surface area (Å²) >= 11 is 0.954. The van der Waals surface area contributed by atoms with E-state index in [2.05, 4.69) is 15.2 Å². The molecule has 0 radical (unpaired) electrons. The summed E-state index contributed by atoms with van der Waals surface area (Å²) in [6.45, 7) is 2.29. The number of carbonyl (C=O) groups excluding carboxylic acids is 4. The van der Waals surface area contributed by atoms with E-state index in [9.17, 15) is 19.2 Å². The third-order valence-electron chi connectivity index (χ3n) is 3.92. The predicted molar refractivity (Wildman–Crippen MR) is 93.9 cm³/mol. The van der Waals surface area contributed by atoms with Crippen LogP contribution in [0.4, 0.5) is 5.69 Å². The largest absolute Gasteiger partial charge is 0.468 e. The Hall–Kier alpha value is -2.88. The van der Waals surface area contributed by atoms with Crippen molar-refractivity contribution in [3.05, 3.63) is 29.8 Å². The number of benzene rings is 1. The molecule has 0 fully saturated rings. The van der Waals surface area contributed by atoms with E-state index >= 15 is 0 Å². The third kappa shape index (κ3) is 2.62. The fraction of sp³-hybridized carbons (Fsp3) is 0.312. The van der Waals surface area contributed by atoms with Gasteiger partial charge in [0.05, 0.1) is 12.8 Å². The van der Waals surface area contributed by atoms with Crippen LogP contribution in [0.1, 0.15) is 19.4 Å². The van der Waals surface area contributed by atoms with Crippen LogP contribution in [0.3, 0.4) is 0 Å². The Kier molecular flexibility index (Phi) is 4.45. The molecule has 0 bridgehead atoms. The molecule has 1 atom stereocenters. The minimum Gasteiger partial charge on any atom is -0.468 e. The number of anilines is 1. The smallest absolute Gasteiger partial charge is 0.325 e. The normalized spacial score (nSPS) is 20.9. The summed E-state index contributed by atoms with van der Waals surface area (Å²) in [5.74, 6) is -1.94. The molecule has 2 heterocycles. The summed E-state index contributed by atoms with van der Waals surface area (Å²) in [7, 11) is 1.23. The van der Waals surface area contributed by atoms with Crippen LogP contribution in [0.25, 0.3) is 0 Å². The maximum Gasteiger partial charge on any atom is 0.325 e. The second-order valence-corrected chi connectivity index (χ2v) is 6.83. The first-order valence-corrected chi connectivity index (χ1v) is 8.47. The molecule has 3 rings (SSSR count). The van der Waals surface area contributed by atoms with Gasteiger partial charge >= 0.3 is 5.97 Å². The molecule has 9 nitrogen and oxygen atoms in total. The minimum absolute atomic E-state index is 0.135. The molecule has 1 aromatic rings. The van der Waals surface area contributed by atoms with Gasteiger partial charge in [0.2, 0.25) is 16.7 Å². The van der Waals surface area contributed by atoms with Crippen molar-refractivity contribution >= 4 is 46.3 Å². The van der Waals surface area contributed by atoms with Crippen molar-refractivity contribution < 1.29 is 23.9 Å². The second-order valence-electron chi connectivity index (χ2n) is 5.65. The number of ether oxygens (including phenoxy) is 1. The number of nitrogens with zero attached hydrogens (tertiary/aromatic N) is 3. The van der Waals surface area contributed by atoms with Crippen LogP contribution in [0.2, 0.25) is 0 Å². The number of amidine groups is 1. The zero-order valence-electron chi connectivity index (χ0n) is 14.3. The molecule has 10 heteroatoms. The van der Waals surface area contributed by atoms with Crippen LogP contribution in [-0.2, 0) is 28.8 Å². The molecule has 2 aliphatic heterocycles. The molecule has 1 spiro atoms. The van der Waals surface area contributed by atoms with Crippen LogP contribution in [-0.4, -0.2) is 47.5 Å². The van der Waals surface area contributed by atoms with Crippen molar-refractivity contribution in [2.75, 3.05) is 18.6 Å². The molecule has 1 aromatic carbocycles. The van der Waals surface area contributed by atoms with Crippen LogP contribution >= 0.6 is 11.8 Å². The van der Waals surface area contributed by atoms with Crippen molar-refractivity contribution in [1.29, 1.82) is 0 Å². The van der Waals surface area contributed by atoms with Gasteiger partial charge in [0.15, 0.2) is 5.17 Å². The number of nitrogens with one attached hydrogen (secondary N) is 1. The Bertz CT molecular complexity index is 855. The van der Waals surface area contributed by atoms with E-state index in [4.69, 9.17) is 0 Å². The quantitative estimate of drug-likeness (QED) is 0.747. The Morgan fingerprint density at radius 1 is 1.27 bits per heavy atom. The summed E-state index contributed by atoms with van der Waals surface area (Å²) in [5.41, 5.74) is 0.999. The molecule has 26 heavy (non-hydrogen) atoms. The van der Waals surface area contributed by atoms with E-state index in [1.165, 1.54) is 25.9 Å². The number of esters is 1. The summed E-state index contributed by atoms with van der Waals surface area (Å²) in [6, 6.07) is 6.83. The Labute approximate surface area is 153 Å². The maximum atomic E-state index is 13.3. The monoisotopic (exact) mass is 376 g/mol. The van der Waals surface area contributed by atoms with Gasteiger partial charge in [-0.2, -0.15) is 5.01 Å². The van der Waals surface area contributed by atoms with E-state index in [1.807, 2.05) is 0 Å². The van der Waals surface area contributed by atoms with Gasteiger partial charge in [-0.1, -0.05) is 18.2 Å². The van der Waals surface area contributed by atoms with Crippen molar-refractivity contribution in [3.63, 3.8) is 0 Å². The molecule has 1 N–H and O–H groups in total. The molecule has 0 saturated carbocycles. The Morgan fingerprint density at radius 2 is 1.96 bits per heavy atom. The molecule has 1 unspecified atom stereocenters. The van der Waals surface area contributed by atoms with Crippen LogP contribution in [0, 0.1) is 0 Å². The number of carbonyl (C=O) groups is 4. The van der Waals surface area contributed by atoms with Crippen LogP contribution < -0.4 is 10.2 Å². The van der Waals surface area contributed by atoms with Crippen LogP contribution in [0.15, 0.2) is 29.4 Å². The number of rotatable bonds is 2. The van der Waals surface area contributed by atoms with Gasteiger partial charge in [0, 0.05) is 19.4 Å². The molecule has 0 aromatic heterocycles. The first kappa shape index (κ1) is 17.9. The number of thioether (sulfide) groups is 1. The molecule has 0 aliphatic carbocycles. The fourth-order valence-electron chi connectivity index (χ4n) is 2.92. The van der Waals surface area contributed by atoms with E-state index in [0.717, 1.165) is 16.8 Å². The fourth-order valence-corrected chi connectivity index (χ4v) is 4.25. The van der Waals surface area contributed by atoms with E-state index in [0.29, 0.717) is 11.3 Å². The van der Waals surface area contributed by atoms with Gasteiger partial charge in [-0.05, 0) is 17.8 Å². The van der Waals surface area contributed by atoms with Crippen molar-refractivity contribution in [2.45, 2.75) is 18.7 Å². The lowest BCUT2D eigenvalue weighted by molar-refractivity contribution is -0.141. The summed E-state index contributed by atoms with van der Waals surface area (Å²) < 4.78 is 4.67. The van der Waals surface area contributed by atoms with Gasteiger partial charge in [-0.3, -0.25) is 24.1 Å². The summed E-state index contributed by atoms with van der Waals surface area (Å²) in [5, 5.41) is 7.81. The first-order valence-electron chi connectivity index (χ1n) is 7.65. The average Bonchev–Trinajstić information content (AvgIpc) is 3.07. The molecule has 136 valence electrons. The molecule has 3 amide bonds. The predicted octanol–water partition coefficient (Wildman–Crippen LogP) is 0.361. The Morgan fingerprint density at radius 3 is 2.58 bits per heavy atom. The molecular formula is C16H16N4O5S. The van der Waals surface area contributed by atoms with E-state index in [1.54, 1.807) is 24.3 Å². The number of hydrogen-bond acceptors (Lipinski definition) is 7. The average molecular weight is 376 g/mol. The van der Waals surface area contributed by atoms with Crippen LogP contribution in [0.5, 0.6) is 0 Å². The lowest BCUT2D eigenvalue weighted by Gasteiger charge is -2.29. The molecule has 0 saturated heterocycles. The van der Waals surface area contributed by atoms with Gasteiger partial charge in [0.25, 0.3) is 5.91 Å². The minimum atomic E-state index is -1.51. The van der Waals surface area contributed by atoms with Crippen molar-refractivity contribution in [3.8, 4) is 0 Å². The SMILES string of the molecule is COC(=O)CN1C(=O)C2(SC(NC(C)=O)=NN2C(C)=O)c2ccccc21. The zero-order valence-corrected chi connectivity index (χ0v) is 15.1. The second kappa shape index (κ2) is 6.45. The van der Waals surface area contributed by atoms with Crippen molar-refractivity contribution in [1.82, 2.24) is 10.3 Å². The highest BCUT2D eigenvalue weighted by Gasteiger charge is 2.61. The standard InChI is InChI=1S/C16H16N4O5S/c1-9(21)17-15-18-20(10(2)22)16(26-15)11-6-4-5-7-12(11)19(14(16)24)8-13(23)25-3/h4-7H,8H2,1-3H3,(H,17,18,21). The van der Waals surface area contributed by atoms with Gasteiger partial charge in [0.1, 0.15) is 6.54 Å². The zero-order chi connectivity index (χ0) is 19.1. The highest BCUT2D eigenvalue weighted by Crippen LogP contribution is 2.54. The lowest BCUT2D eigenvalue weighted by Crippen LogP contribution is -2.49. The van der Waals surface area contributed by atoms with Gasteiger partial charge < -0.3 is 10.1 Å². The van der Waals surface area contributed by atoms with E-state index < -0.39 is 22.7 Å². The number of amides is 3. The third-order valence-corrected chi connectivity index (χ3v) is 5.16. The highest BCUT2D eigenvalue weighted by atomic mass is 32.2. The van der Waals surface area contributed by atoms with Gasteiger partial charge in [-0.15, -0.1) is 5.10 Å². The number of hydrogen-bond donors (Lipinski definition) is 1. The maximum absolute atomic E-state index is 13.3. The molecule has 2 aliphatic rings. The number of methoxy groups -OCH3 is 1. The topological polar surface area (TPSA) is 108 Å². The molecular weight excluding hydrogens is 360 g/mol. The lowest BCUT2D eigenvalue weighted by atomic mass is 10.1. The Balaban J connectivity index is 2.11. The highest BCUT2D eigenvalue weighted by molar-refractivity contribution is 8.15. The summed E-state index contributed by atoms with van der Waals surface area (Å²) in [4.78, 5) is 48.4. The summed E-state index contributed by atoms with van der Waals surface area (Å²) in [6.07, 6.45) is 0.